The number of fused-ring (bicyclic) bond motifs is 1. The van der Waals surface area contributed by atoms with Gasteiger partial charge in [-0.1, -0.05) is 44.9 Å². The molecule has 14 heteroatoms. The van der Waals surface area contributed by atoms with E-state index in [4.69, 9.17) is 19.5 Å². The fraction of sp³-hybridized carbons (Fsp3) is 0.500. The van der Waals surface area contributed by atoms with Crippen LogP contribution in [-0.4, -0.2) is 56.5 Å². The number of benzene rings is 1. The lowest BCUT2D eigenvalue weighted by atomic mass is 9.99. The second-order valence-electron chi connectivity index (χ2n) is 10.6. The number of aromatic amines is 1. The van der Waals surface area contributed by atoms with Gasteiger partial charge >= 0.3 is 13.7 Å². The van der Waals surface area contributed by atoms with Crippen molar-refractivity contribution in [3.05, 3.63) is 52.6 Å². The number of hydrogen-bond acceptors (Lipinski definition) is 10. The number of nitrogens with one attached hydrogen (secondary N) is 2. The molecule has 0 amide bonds. The lowest BCUT2D eigenvalue weighted by molar-refractivity contribution is -0.146. The average molecular weight is 603 g/mol. The zero-order valence-corrected chi connectivity index (χ0v) is 25.0. The van der Waals surface area contributed by atoms with E-state index in [1.807, 2.05) is 0 Å². The number of aromatic nitrogens is 4. The number of esters is 1. The Morgan fingerprint density at radius 1 is 1.29 bits per heavy atom. The smallest absolute Gasteiger partial charge is 0.459 e. The van der Waals surface area contributed by atoms with Crippen molar-refractivity contribution in [2.75, 3.05) is 25.6 Å². The highest BCUT2D eigenvalue weighted by molar-refractivity contribution is 7.52. The number of anilines is 1. The van der Waals surface area contributed by atoms with E-state index in [0.29, 0.717) is 6.42 Å². The maximum absolute atomic E-state index is 14.0. The predicted molar refractivity (Wildman–Crippen MR) is 158 cm³/mol. The molecule has 1 aliphatic rings. The first-order chi connectivity index (χ1) is 20.1. The van der Waals surface area contributed by atoms with Gasteiger partial charge in [0.1, 0.15) is 18.1 Å². The molecule has 1 saturated carbocycles. The molecule has 1 aliphatic carbocycles. The van der Waals surface area contributed by atoms with Gasteiger partial charge in [-0.15, -0.1) is 0 Å². The van der Waals surface area contributed by atoms with Crippen LogP contribution in [0.2, 0.25) is 0 Å². The molecule has 3 atom stereocenters. The van der Waals surface area contributed by atoms with E-state index in [1.54, 1.807) is 36.5 Å². The van der Waals surface area contributed by atoms with Gasteiger partial charge in [-0.25, -0.2) is 9.55 Å². The molecule has 1 fully saturated rings. The first kappa shape index (κ1) is 31.4. The molecule has 0 radical (unpaired) electrons. The van der Waals surface area contributed by atoms with Crippen LogP contribution in [0.4, 0.5) is 5.95 Å². The summed E-state index contributed by atoms with van der Waals surface area (Å²) in [4.78, 5) is 35.6. The van der Waals surface area contributed by atoms with Crippen molar-refractivity contribution in [1.29, 1.82) is 0 Å². The SMILES string of the molecule is CCCC(CCC)COC(=O)[C@H](C)NP(=O)(OC[C@@]1(CO)C/C1=C/n1cnc2c(=O)[nH]c(N)nc21)Oc1ccccc1. The first-order valence-corrected chi connectivity index (χ1v) is 15.6. The van der Waals surface area contributed by atoms with Crippen molar-refractivity contribution in [2.45, 2.75) is 58.9 Å². The first-order valence-electron chi connectivity index (χ1n) is 14.1. The number of rotatable bonds is 16. The third-order valence-electron chi connectivity index (χ3n) is 7.17. The Balaban J connectivity index is 1.48. The van der Waals surface area contributed by atoms with Crippen molar-refractivity contribution in [1.82, 2.24) is 24.6 Å². The number of aliphatic hydroxyl groups excluding tert-OH is 1. The zero-order chi connectivity index (χ0) is 30.3. The van der Waals surface area contributed by atoms with Gasteiger partial charge in [0.15, 0.2) is 11.2 Å². The van der Waals surface area contributed by atoms with Crippen molar-refractivity contribution >= 4 is 37.0 Å². The van der Waals surface area contributed by atoms with Crippen LogP contribution in [0.15, 0.2) is 47.0 Å². The number of carbonyl (C=O) groups excluding carboxylic acids is 1. The van der Waals surface area contributed by atoms with Crippen LogP contribution in [0.25, 0.3) is 17.4 Å². The van der Waals surface area contributed by atoms with E-state index in [9.17, 15) is 19.3 Å². The lowest BCUT2D eigenvalue weighted by Crippen LogP contribution is -2.36. The number of nitrogen functional groups attached to an aromatic ring is 1. The van der Waals surface area contributed by atoms with Crippen molar-refractivity contribution < 1.29 is 28.3 Å². The third-order valence-corrected chi connectivity index (χ3v) is 8.80. The summed E-state index contributed by atoms with van der Waals surface area (Å²) in [7, 11) is -4.13. The second kappa shape index (κ2) is 13.6. The maximum Gasteiger partial charge on any atom is 0.459 e. The van der Waals surface area contributed by atoms with Crippen LogP contribution in [0.1, 0.15) is 52.9 Å². The standard InChI is InChI=1S/C28H39N6O7P/c1-4-9-20(10-5-2)15-39-26(37)19(3)33-42(38,41-22-11-7-6-8-12-22)40-17-28(16-35)13-21(28)14-34-18-30-23-24(34)31-27(29)32-25(23)36/h6-8,11-12,14,18-20,35H,4-5,9-10,13,15-17H2,1-3H3,(H,33,38)(H3,29,31,32,36)/b21-14-/t19-,28-,42?/m0/s1. The fourth-order valence-electron chi connectivity index (χ4n) is 4.72. The number of para-hydroxylation sites is 1. The predicted octanol–water partition coefficient (Wildman–Crippen LogP) is 3.87. The maximum atomic E-state index is 14.0. The van der Waals surface area contributed by atoms with E-state index in [0.717, 1.165) is 31.3 Å². The average Bonchev–Trinajstić information content (AvgIpc) is 3.51. The van der Waals surface area contributed by atoms with Gasteiger partial charge < -0.3 is 20.1 Å². The molecule has 42 heavy (non-hydrogen) atoms. The Bertz CT molecular complexity index is 1500. The summed E-state index contributed by atoms with van der Waals surface area (Å²) in [6, 6.07) is 7.47. The van der Waals surface area contributed by atoms with Gasteiger partial charge in [0, 0.05) is 11.6 Å². The number of imidazole rings is 1. The molecule has 5 N–H and O–H groups in total. The molecular formula is C28H39N6O7P. The van der Waals surface area contributed by atoms with Crippen LogP contribution in [-0.2, 0) is 18.6 Å². The quantitative estimate of drug-likeness (QED) is 0.138. The summed E-state index contributed by atoms with van der Waals surface area (Å²) >= 11 is 0. The number of ether oxygens (including phenoxy) is 1. The largest absolute Gasteiger partial charge is 0.464 e. The molecule has 0 spiro atoms. The van der Waals surface area contributed by atoms with Gasteiger partial charge in [0.2, 0.25) is 5.95 Å². The summed E-state index contributed by atoms with van der Waals surface area (Å²) in [5.41, 5.74) is 5.49. The van der Waals surface area contributed by atoms with E-state index >= 15 is 0 Å². The third kappa shape index (κ3) is 7.65. The molecule has 0 aliphatic heterocycles. The number of nitrogens with two attached hydrogens (primary N) is 1. The minimum Gasteiger partial charge on any atom is -0.464 e. The molecule has 0 saturated heterocycles. The van der Waals surface area contributed by atoms with Gasteiger partial charge in [0.25, 0.3) is 5.56 Å². The molecule has 1 aromatic carbocycles. The molecule has 1 unspecified atom stereocenters. The van der Waals surface area contributed by atoms with E-state index in [2.05, 4.69) is 33.9 Å². The topological polar surface area (TPSA) is 184 Å². The highest BCUT2D eigenvalue weighted by Crippen LogP contribution is 2.56. The molecular weight excluding hydrogens is 563 g/mol. The van der Waals surface area contributed by atoms with Crippen LogP contribution in [0.3, 0.4) is 0 Å². The second-order valence-corrected chi connectivity index (χ2v) is 12.3. The summed E-state index contributed by atoms with van der Waals surface area (Å²) in [5, 5.41) is 13.0. The van der Waals surface area contributed by atoms with E-state index in [-0.39, 0.29) is 48.6 Å². The molecule has 4 rings (SSSR count). The zero-order valence-electron chi connectivity index (χ0n) is 24.1. The van der Waals surface area contributed by atoms with Crippen LogP contribution >= 0.6 is 7.75 Å². The molecule has 2 aromatic heterocycles. The molecule has 3 aromatic rings. The lowest BCUT2D eigenvalue weighted by Gasteiger charge is -2.25. The Labute approximate surface area is 244 Å². The van der Waals surface area contributed by atoms with Crippen LogP contribution in [0, 0.1) is 11.3 Å². The number of carbonyl (C=O) groups is 1. The van der Waals surface area contributed by atoms with Crippen LogP contribution in [0.5, 0.6) is 5.75 Å². The van der Waals surface area contributed by atoms with Crippen LogP contribution < -0.4 is 20.9 Å². The molecule has 0 bridgehead atoms. The highest BCUT2D eigenvalue weighted by Gasteiger charge is 2.51. The van der Waals surface area contributed by atoms with E-state index < -0.39 is 30.7 Å². The summed E-state index contributed by atoms with van der Waals surface area (Å²) in [6.07, 6.45) is 7.41. The fourth-order valence-corrected chi connectivity index (χ4v) is 6.29. The van der Waals surface area contributed by atoms with Gasteiger partial charge in [-0.05, 0) is 49.8 Å². The van der Waals surface area contributed by atoms with Crippen molar-refractivity contribution in [3.63, 3.8) is 0 Å². The minimum absolute atomic E-state index is 0.0517. The van der Waals surface area contributed by atoms with Crippen molar-refractivity contribution in [2.24, 2.45) is 11.3 Å². The number of nitrogens with zero attached hydrogens (tertiary/aromatic N) is 3. The summed E-state index contributed by atoms with van der Waals surface area (Å²) in [5.74, 6) is -0.0698. The molecule has 13 nitrogen and oxygen atoms in total. The molecule has 228 valence electrons. The normalized spacial score (nSPS) is 19.6. The van der Waals surface area contributed by atoms with Gasteiger partial charge in [-0.3, -0.25) is 23.7 Å². The summed E-state index contributed by atoms with van der Waals surface area (Å²) < 4.78 is 32.6. The van der Waals surface area contributed by atoms with Crippen molar-refractivity contribution in [3.8, 4) is 5.75 Å². The minimum atomic E-state index is -4.13. The van der Waals surface area contributed by atoms with E-state index in [1.165, 1.54) is 17.8 Å². The monoisotopic (exact) mass is 602 g/mol. The molecule has 2 heterocycles. The Morgan fingerprint density at radius 3 is 2.67 bits per heavy atom. The Hall–Kier alpha value is -3.51. The number of aliphatic hydroxyl groups is 1. The summed E-state index contributed by atoms with van der Waals surface area (Å²) in [6.45, 7) is 5.53. The highest BCUT2D eigenvalue weighted by atomic mass is 31.2. The van der Waals surface area contributed by atoms with Gasteiger partial charge in [-0.2, -0.15) is 10.1 Å². The number of H-pyrrole nitrogens is 1. The Morgan fingerprint density at radius 2 is 2.00 bits per heavy atom. The Kier molecular flexibility index (Phi) is 10.2. The van der Waals surface area contributed by atoms with Gasteiger partial charge in [0.05, 0.1) is 19.8 Å². The number of hydrogen-bond donors (Lipinski definition) is 4.